The molecule has 0 aliphatic carbocycles. The molecule has 0 bridgehead atoms. The lowest BCUT2D eigenvalue weighted by molar-refractivity contribution is -0.115. The number of thioether (sulfide) groups is 1. The minimum absolute atomic E-state index is 0.158. The van der Waals surface area contributed by atoms with E-state index in [4.69, 9.17) is 17.0 Å². The van der Waals surface area contributed by atoms with Crippen LogP contribution in [0.25, 0.3) is 28.1 Å². The van der Waals surface area contributed by atoms with E-state index in [2.05, 4.69) is 23.3 Å². The number of hydrogen-bond donors (Lipinski definition) is 1. The largest absolute Gasteiger partial charge is 0.496 e. The average Bonchev–Trinajstić information content (AvgIpc) is 2.98. The number of methoxy groups -OCH3 is 1. The van der Waals surface area contributed by atoms with E-state index in [-0.39, 0.29) is 5.91 Å². The monoisotopic (exact) mass is 392 g/mol. The quantitative estimate of drug-likeness (QED) is 0.517. The number of benzene rings is 2. The molecule has 2 heterocycles. The van der Waals surface area contributed by atoms with E-state index in [1.54, 1.807) is 7.11 Å². The fourth-order valence-electron chi connectivity index (χ4n) is 3.06. The van der Waals surface area contributed by atoms with Crippen LogP contribution >= 0.6 is 24.0 Å². The number of hydrogen-bond acceptors (Lipinski definition) is 5. The molecule has 134 valence electrons. The maximum Gasteiger partial charge on any atom is 0.263 e. The minimum atomic E-state index is -0.158. The van der Waals surface area contributed by atoms with Crippen LogP contribution in [0, 0.1) is 6.92 Å². The summed E-state index contributed by atoms with van der Waals surface area (Å²) >= 11 is 6.33. The molecule has 1 aliphatic rings. The second kappa shape index (κ2) is 7.13. The fourth-order valence-corrected chi connectivity index (χ4v) is 4.11. The number of fused-ring (bicyclic) bond motifs is 1. The van der Waals surface area contributed by atoms with Gasteiger partial charge in [0.25, 0.3) is 5.91 Å². The lowest BCUT2D eigenvalue weighted by atomic mass is 9.98. The molecule has 4 rings (SSSR count). The predicted octanol–water partition coefficient (Wildman–Crippen LogP) is 4.71. The third-order valence-corrected chi connectivity index (χ3v) is 5.60. The molecule has 0 saturated carbocycles. The van der Waals surface area contributed by atoms with Crippen LogP contribution in [0.2, 0.25) is 0 Å². The van der Waals surface area contributed by atoms with Gasteiger partial charge in [0.15, 0.2) is 0 Å². The number of thiocarbonyl (C=S) groups is 1. The first-order valence-corrected chi connectivity index (χ1v) is 9.56. The number of pyridine rings is 1. The highest BCUT2D eigenvalue weighted by atomic mass is 32.2. The van der Waals surface area contributed by atoms with Crippen molar-refractivity contribution in [3.63, 3.8) is 0 Å². The second-order valence-corrected chi connectivity index (χ2v) is 7.89. The zero-order valence-electron chi connectivity index (χ0n) is 14.8. The number of aryl methyl sites for hydroxylation is 1. The van der Waals surface area contributed by atoms with Gasteiger partial charge < -0.3 is 10.1 Å². The van der Waals surface area contributed by atoms with Gasteiger partial charge in [0.1, 0.15) is 10.1 Å². The summed E-state index contributed by atoms with van der Waals surface area (Å²) in [6, 6.07) is 14.0. The van der Waals surface area contributed by atoms with Gasteiger partial charge in [0, 0.05) is 17.1 Å². The summed E-state index contributed by atoms with van der Waals surface area (Å²) < 4.78 is 6.05. The minimum Gasteiger partial charge on any atom is -0.496 e. The maximum atomic E-state index is 11.9. The Balaban J connectivity index is 1.82. The number of rotatable bonds is 3. The maximum absolute atomic E-state index is 11.9. The van der Waals surface area contributed by atoms with E-state index in [1.165, 1.54) is 17.3 Å². The number of nitrogens with zero attached hydrogens (tertiary/aromatic N) is 1. The number of carbonyl (C=O) groups excluding carboxylic acids is 1. The van der Waals surface area contributed by atoms with Gasteiger partial charge in [-0.1, -0.05) is 36.1 Å². The van der Waals surface area contributed by atoms with Crippen molar-refractivity contribution in [3.8, 4) is 16.9 Å². The molecule has 0 unspecified atom stereocenters. The van der Waals surface area contributed by atoms with Crippen molar-refractivity contribution < 1.29 is 9.53 Å². The van der Waals surface area contributed by atoms with Crippen molar-refractivity contribution in [1.29, 1.82) is 0 Å². The summed E-state index contributed by atoms with van der Waals surface area (Å²) in [5, 5.41) is 3.75. The number of amides is 1. The van der Waals surface area contributed by atoms with E-state index in [1.807, 2.05) is 48.7 Å². The van der Waals surface area contributed by atoms with Gasteiger partial charge in [-0.2, -0.15) is 0 Å². The summed E-state index contributed by atoms with van der Waals surface area (Å²) in [4.78, 5) is 16.9. The third kappa shape index (κ3) is 3.46. The first-order valence-electron chi connectivity index (χ1n) is 8.34. The molecule has 1 aromatic heterocycles. The lowest BCUT2D eigenvalue weighted by Crippen LogP contribution is -2.17. The Labute approximate surface area is 166 Å². The van der Waals surface area contributed by atoms with Gasteiger partial charge in [-0.05, 0) is 60.0 Å². The van der Waals surface area contributed by atoms with Crippen LogP contribution in [-0.2, 0) is 4.79 Å². The Morgan fingerprint density at radius 3 is 2.78 bits per heavy atom. The van der Waals surface area contributed by atoms with Crippen molar-refractivity contribution >= 4 is 51.2 Å². The molecule has 4 nitrogen and oxygen atoms in total. The van der Waals surface area contributed by atoms with E-state index in [9.17, 15) is 4.79 Å². The van der Waals surface area contributed by atoms with E-state index < -0.39 is 0 Å². The lowest BCUT2D eigenvalue weighted by Gasteiger charge is -2.11. The fraction of sp³-hybridized carbons (Fsp3) is 0.0952. The van der Waals surface area contributed by atoms with Gasteiger partial charge in [-0.15, -0.1) is 0 Å². The molecular formula is C21H16N2O2S2. The predicted molar refractivity (Wildman–Crippen MR) is 115 cm³/mol. The number of ether oxygens (including phenoxy) is 1. The van der Waals surface area contributed by atoms with Gasteiger partial charge in [-0.3, -0.25) is 9.78 Å². The van der Waals surface area contributed by atoms with Crippen LogP contribution in [0.3, 0.4) is 0 Å². The third-order valence-electron chi connectivity index (χ3n) is 4.43. The van der Waals surface area contributed by atoms with Gasteiger partial charge in [-0.25, -0.2) is 0 Å². The molecule has 0 atom stereocenters. The Bertz CT molecular complexity index is 1120. The zero-order chi connectivity index (χ0) is 19.0. The summed E-state index contributed by atoms with van der Waals surface area (Å²) in [7, 11) is 1.66. The van der Waals surface area contributed by atoms with Gasteiger partial charge >= 0.3 is 0 Å². The van der Waals surface area contributed by atoms with Crippen LogP contribution in [0.5, 0.6) is 5.75 Å². The number of aromatic nitrogens is 1. The average molecular weight is 393 g/mol. The molecule has 0 radical (unpaired) electrons. The molecule has 1 aliphatic heterocycles. The molecule has 1 saturated heterocycles. The van der Waals surface area contributed by atoms with Gasteiger partial charge in [0.05, 0.1) is 17.5 Å². The Morgan fingerprint density at radius 2 is 2.04 bits per heavy atom. The normalized spacial score (nSPS) is 15.4. The molecule has 1 fully saturated rings. The van der Waals surface area contributed by atoms with Crippen molar-refractivity contribution in [2.75, 3.05) is 7.11 Å². The highest BCUT2D eigenvalue weighted by Gasteiger charge is 2.22. The molecule has 1 N–H and O–H groups in total. The smallest absolute Gasteiger partial charge is 0.263 e. The van der Waals surface area contributed by atoms with Gasteiger partial charge in [0.2, 0.25) is 0 Å². The summed E-state index contributed by atoms with van der Waals surface area (Å²) in [6.07, 6.45) is 3.66. The first kappa shape index (κ1) is 17.7. The standard InChI is InChI=1S/C21H16N2O2S2/c1-12-7-8-22-17-5-4-14(11-15(12)17)16-9-13(3-6-18(16)25-2)10-19-20(24)23-21(26)27-19/h3-11H,1-2H3,(H,23,24,26). The van der Waals surface area contributed by atoms with Crippen LogP contribution in [-0.4, -0.2) is 22.3 Å². The Hall–Kier alpha value is -2.70. The summed E-state index contributed by atoms with van der Waals surface area (Å²) in [6.45, 7) is 2.07. The van der Waals surface area contributed by atoms with Crippen molar-refractivity contribution in [2.45, 2.75) is 6.92 Å². The molecular weight excluding hydrogens is 376 g/mol. The van der Waals surface area contributed by atoms with E-state index >= 15 is 0 Å². The Kier molecular flexibility index (Phi) is 4.68. The van der Waals surface area contributed by atoms with Crippen LogP contribution in [0.15, 0.2) is 53.6 Å². The number of nitrogens with one attached hydrogen (secondary N) is 1. The number of carbonyl (C=O) groups is 1. The SMILES string of the molecule is COc1ccc(C=C2SC(=S)NC2=O)cc1-c1ccc2nccc(C)c2c1. The highest BCUT2D eigenvalue weighted by molar-refractivity contribution is 8.26. The zero-order valence-corrected chi connectivity index (χ0v) is 16.4. The first-order chi connectivity index (χ1) is 13.0. The molecule has 27 heavy (non-hydrogen) atoms. The molecule has 0 spiro atoms. The second-order valence-electron chi connectivity index (χ2n) is 6.17. The highest BCUT2D eigenvalue weighted by Crippen LogP contribution is 2.34. The van der Waals surface area contributed by atoms with Crippen molar-refractivity contribution in [2.24, 2.45) is 0 Å². The summed E-state index contributed by atoms with van der Waals surface area (Å²) in [5.74, 6) is 0.617. The van der Waals surface area contributed by atoms with E-state index in [0.717, 1.165) is 33.3 Å². The summed E-state index contributed by atoms with van der Waals surface area (Å²) in [5.41, 5.74) is 5.05. The molecule has 3 aromatic rings. The van der Waals surface area contributed by atoms with Crippen LogP contribution in [0.4, 0.5) is 0 Å². The molecule has 6 heteroatoms. The molecule has 2 aromatic carbocycles. The Morgan fingerprint density at radius 1 is 1.19 bits per heavy atom. The topological polar surface area (TPSA) is 51.2 Å². The van der Waals surface area contributed by atoms with Crippen molar-refractivity contribution in [1.82, 2.24) is 10.3 Å². The van der Waals surface area contributed by atoms with Crippen molar-refractivity contribution in [3.05, 3.63) is 64.7 Å². The van der Waals surface area contributed by atoms with Crippen LogP contribution < -0.4 is 10.1 Å². The van der Waals surface area contributed by atoms with E-state index in [0.29, 0.717) is 9.23 Å². The van der Waals surface area contributed by atoms with Crippen LogP contribution in [0.1, 0.15) is 11.1 Å². The molecule has 1 amide bonds.